The summed E-state index contributed by atoms with van der Waals surface area (Å²) in [7, 11) is 0. The zero-order valence-electron chi connectivity index (χ0n) is 10.2. The fourth-order valence-electron chi connectivity index (χ4n) is 1.74. The Balaban J connectivity index is 1.92. The van der Waals surface area contributed by atoms with Crippen LogP contribution in [0.25, 0.3) is 0 Å². The molecule has 98 valence electrons. The lowest BCUT2D eigenvalue weighted by atomic mass is 10.3. The highest BCUT2D eigenvalue weighted by molar-refractivity contribution is 5.88. The summed E-state index contributed by atoms with van der Waals surface area (Å²) in [5, 5.41) is 9.08. The topological polar surface area (TPSA) is 87.5 Å². The number of anilines is 1. The van der Waals surface area contributed by atoms with Gasteiger partial charge >= 0.3 is 6.03 Å². The molecule has 1 aromatic heterocycles. The second kappa shape index (κ2) is 5.52. The normalized spacial score (nSPS) is 16.7. The lowest BCUT2D eigenvalue weighted by Crippen LogP contribution is -2.42. The zero-order chi connectivity index (χ0) is 13.0. The van der Waals surface area contributed by atoms with Crippen molar-refractivity contribution in [2.24, 2.45) is 0 Å². The van der Waals surface area contributed by atoms with Gasteiger partial charge in [0.15, 0.2) is 0 Å². The van der Waals surface area contributed by atoms with Crippen LogP contribution in [0.1, 0.15) is 18.5 Å². The minimum absolute atomic E-state index is 0.0250. The molecule has 0 atom stereocenters. The molecule has 1 fully saturated rings. The Hall–Kier alpha value is -2.05. The number of nitrogens with zero attached hydrogens (tertiary/aromatic N) is 2. The Labute approximate surface area is 104 Å². The highest BCUT2D eigenvalue weighted by atomic mass is 16.5. The van der Waals surface area contributed by atoms with E-state index in [-0.39, 0.29) is 11.9 Å². The minimum Gasteiger partial charge on any atom is -0.356 e. The van der Waals surface area contributed by atoms with Gasteiger partial charge < -0.3 is 14.7 Å². The Bertz CT molecular complexity index is 443. The molecule has 0 unspecified atom stereocenters. The molecular weight excluding hydrogens is 236 g/mol. The van der Waals surface area contributed by atoms with Crippen LogP contribution in [0.15, 0.2) is 10.6 Å². The van der Waals surface area contributed by atoms with Crippen LogP contribution in [0, 0.1) is 6.92 Å². The number of amides is 3. The number of carbonyl (C=O) groups excluding carboxylic acids is 2. The number of aromatic nitrogens is 1. The number of carbonyl (C=O) groups is 2. The van der Waals surface area contributed by atoms with Crippen molar-refractivity contribution in [1.29, 1.82) is 0 Å². The van der Waals surface area contributed by atoms with E-state index in [1.54, 1.807) is 17.9 Å². The number of urea groups is 1. The van der Waals surface area contributed by atoms with Gasteiger partial charge in [-0.3, -0.25) is 10.1 Å². The zero-order valence-corrected chi connectivity index (χ0v) is 10.2. The van der Waals surface area contributed by atoms with Crippen LogP contribution in [-0.2, 0) is 4.79 Å². The Morgan fingerprint density at radius 3 is 3.11 bits per heavy atom. The second-order valence-electron chi connectivity index (χ2n) is 4.20. The van der Waals surface area contributed by atoms with Gasteiger partial charge in [0.1, 0.15) is 0 Å². The molecule has 0 spiro atoms. The van der Waals surface area contributed by atoms with Crippen LogP contribution < -0.4 is 10.6 Å². The standard InChI is InChI=1S/C11H16N4O3/c1-8-7-10(18-14-8)13-11(17)15-5-2-4-12-9(16)3-6-15/h7H,2-6H2,1H3,(H,12,16)(H,13,17). The van der Waals surface area contributed by atoms with Crippen molar-refractivity contribution in [2.45, 2.75) is 19.8 Å². The van der Waals surface area contributed by atoms with E-state index in [1.807, 2.05) is 0 Å². The smallest absolute Gasteiger partial charge is 0.324 e. The van der Waals surface area contributed by atoms with Gasteiger partial charge in [0, 0.05) is 32.1 Å². The molecule has 18 heavy (non-hydrogen) atoms. The summed E-state index contributed by atoms with van der Waals surface area (Å²) in [4.78, 5) is 24.8. The first-order chi connectivity index (χ1) is 8.65. The van der Waals surface area contributed by atoms with E-state index in [2.05, 4.69) is 15.8 Å². The Kier molecular flexibility index (Phi) is 3.81. The number of hydrogen-bond donors (Lipinski definition) is 2. The summed E-state index contributed by atoms with van der Waals surface area (Å²) in [6, 6.07) is 1.38. The van der Waals surface area contributed by atoms with Crippen molar-refractivity contribution in [1.82, 2.24) is 15.4 Å². The summed E-state index contributed by atoms with van der Waals surface area (Å²) in [5.74, 6) is 0.298. The predicted molar refractivity (Wildman–Crippen MR) is 64.1 cm³/mol. The number of hydrogen-bond acceptors (Lipinski definition) is 4. The van der Waals surface area contributed by atoms with Gasteiger partial charge in [0.25, 0.3) is 0 Å². The van der Waals surface area contributed by atoms with E-state index in [4.69, 9.17) is 4.52 Å². The van der Waals surface area contributed by atoms with E-state index < -0.39 is 0 Å². The minimum atomic E-state index is -0.263. The summed E-state index contributed by atoms with van der Waals surface area (Å²) in [6.45, 7) is 3.40. The lowest BCUT2D eigenvalue weighted by Gasteiger charge is -2.24. The molecule has 3 amide bonds. The number of aryl methyl sites for hydroxylation is 1. The van der Waals surface area contributed by atoms with E-state index in [9.17, 15) is 9.59 Å². The quantitative estimate of drug-likeness (QED) is 0.771. The fourth-order valence-corrected chi connectivity index (χ4v) is 1.74. The Morgan fingerprint density at radius 1 is 1.56 bits per heavy atom. The van der Waals surface area contributed by atoms with Crippen LogP contribution in [0.3, 0.4) is 0 Å². The van der Waals surface area contributed by atoms with E-state index in [0.717, 1.165) is 6.42 Å². The van der Waals surface area contributed by atoms with Crippen LogP contribution in [-0.4, -0.2) is 41.6 Å². The van der Waals surface area contributed by atoms with Crippen LogP contribution in [0.2, 0.25) is 0 Å². The highest BCUT2D eigenvalue weighted by Crippen LogP contribution is 2.10. The van der Waals surface area contributed by atoms with Crippen molar-refractivity contribution in [3.05, 3.63) is 11.8 Å². The maximum absolute atomic E-state index is 11.9. The molecule has 2 heterocycles. The van der Waals surface area contributed by atoms with Crippen molar-refractivity contribution in [3.8, 4) is 0 Å². The fraction of sp³-hybridized carbons (Fsp3) is 0.545. The SMILES string of the molecule is Cc1cc(NC(=O)N2CCCNC(=O)CC2)on1. The average molecular weight is 252 g/mol. The van der Waals surface area contributed by atoms with Crippen LogP contribution in [0.5, 0.6) is 0 Å². The molecule has 0 bridgehead atoms. The number of nitrogens with one attached hydrogen (secondary N) is 2. The van der Waals surface area contributed by atoms with Crippen molar-refractivity contribution in [3.63, 3.8) is 0 Å². The maximum atomic E-state index is 11.9. The van der Waals surface area contributed by atoms with E-state index in [0.29, 0.717) is 37.6 Å². The summed E-state index contributed by atoms with van der Waals surface area (Å²) >= 11 is 0. The molecule has 2 N–H and O–H groups in total. The first kappa shape index (κ1) is 12.4. The molecule has 7 nitrogen and oxygen atoms in total. The average Bonchev–Trinajstić information content (AvgIpc) is 2.70. The predicted octanol–water partition coefficient (Wildman–Crippen LogP) is 0.727. The van der Waals surface area contributed by atoms with E-state index in [1.165, 1.54) is 0 Å². The lowest BCUT2D eigenvalue weighted by molar-refractivity contribution is -0.121. The van der Waals surface area contributed by atoms with Crippen molar-refractivity contribution in [2.75, 3.05) is 25.0 Å². The molecule has 1 aromatic rings. The first-order valence-corrected chi connectivity index (χ1v) is 5.91. The van der Waals surface area contributed by atoms with Crippen molar-refractivity contribution < 1.29 is 14.1 Å². The molecule has 2 rings (SSSR count). The summed E-state index contributed by atoms with van der Waals surface area (Å²) in [6.07, 6.45) is 1.07. The third-order valence-corrected chi connectivity index (χ3v) is 2.68. The molecular formula is C11H16N4O3. The molecule has 0 aliphatic carbocycles. The largest absolute Gasteiger partial charge is 0.356 e. The van der Waals surface area contributed by atoms with Gasteiger partial charge in [-0.15, -0.1) is 0 Å². The second-order valence-corrected chi connectivity index (χ2v) is 4.20. The number of rotatable bonds is 1. The van der Waals surface area contributed by atoms with Gasteiger partial charge in [-0.05, 0) is 13.3 Å². The van der Waals surface area contributed by atoms with Gasteiger partial charge in [-0.1, -0.05) is 5.16 Å². The van der Waals surface area contributed by atoms with Crippen LogP contribution >= 0.6 is 0 Å². The molecule has 1 aliphatic heterocycles. The van der Waals surface area contributed by atoms with Gasteiger partial charge in [0.05, 0.1) is 5.69 Å². The van der Waals surface area contributed by atoms with Gasteiger partial charge in [0.2, 0.25) is 11.8 Å². The maximum Gasteiger partial charge on any atom is 0.324 e. The van der Waals surface area contributed by atoms with Gasteiger partial charge in [-0.2, -0.15) is 0 Å². The third-order valence-electron chi connectivity index (χ3n) is 2.68. The molecule has 7 heteroatoms. The summed E-state index contributed by atoms with van der Waals surface area (Å²) < 4.78 is 4.91. The van der Waals surface area contributed by atoms with Gasteiger partial charge in [-0.25, -0.2) is 4.79 Å². The molecule has 1 aliphatic rings. The summed E-state index contributed by atoms with van der Waals surface area (Å²) in [5.41, 5.74) is 0.706. The van der Waals surface area contributed by atoms with Crippen molar-refractivity contribution >= 4 is 17.8 Å². The molecule has 1 saturated heterocycles. The molecule has 0 radical (unpaired) electrons. The van der Waals surface area contributed by atoms with E-state index >= 15 is 0 Å². The first-order valence-electron chi connectivity index (χ1n) is 5.91. The third kappa shape index (κ3) is 3.22. The molecule has 0 saturated carbocycles. The monoisotopic (exact) mass is 252 g/mol. The Morgan fingerprint density at radius 2 is 2.39 bits per heavy atom. The highest BCUT2D eigenvalue weighted by Gasteiger charge is 2.18. The molecule has 0 aromatic carbocycles. The van der Waals surface area contributed by atoms with Crippen LogP contribution in [0.4, 0.5) is 10.7 Å².